The van der Waals surface area contributed by atoms with Gasteiger partial charge in [-0.25, -0.2) is 9.78 Å². The van der Waals surface area contributed by atoms with Gasteiger partial charge >= 0.3 is 6.03 Å². The van der Waals surface area contributed by atoms with Crippen molar-refractivity contribution < 1.29 is 4.79 Å². The molecular formula is C16H25N5O. The van der Waals surface area contributed by atoms with Gasteiger partial charge in [0.25, 0.3) is 0 Å². The largest absolute Gasteiger partial charge is 0.331 e. The molecule has 1 saturated heterocycles. The molecule has 3 aliphatic rings. The monoisotopic (exact) mass is 303 g/mol. The summed E-state index contributed by atoms with van der Waals surface area (Å²) in [6.45, 7) is 2.28. The minimum Gasteiger partial charge on any atom is -0.331 e. The first-order valence-electron chi connectivity index (χ1n) is 8.73. The van der Waals surface area contributed by atoms with Crippen LogP contribution in [-0.4, -0.2) is 39.2 Å². The number of hydrogen-bond acceptors (Lipinski definition) is 3. The van der Waals surface area contributed by atoms with E-state index in [0.717, 1.165) is 36.6 Å². The SMILES string of the molecule is O=C(NCc1nc(C2CC2)n[nH]1)N1CCC(C2CCCC2)C1. The van der Waals surface area contributed by atoms with Crippen LogP contribution in [0, 0.1) is 11.8 Å². The van der Waals surface area contributed by atoms with E-state index in [4.69, 9.17) is 0 Å². The first-order valence-corrected chi connectivity index (χ1v) is 8.73. The van der Waals surface area contributed by atoms with Crippen molar-refractivity contribution in [2.24, 2.45) is 11.8 Å². The molecule has 3 fully saturated rings. The van der Waals surface area contributed by atoms with Gasteiger partial charge in [-0.05, 0) is 31.1 Å². The van der Waals surface area contributed by atoms with Crippen molar-refractivity contribution in [3.63, 3.8) is 0 Å². The van der Waals surface area contributed by atoms with Gasteiger partial charge in [0.1, 0.15) is 5.82 Å². The molecule has 1 aromatic heterocycles. The van der Waals surface area contributed by atoms with Crippen LogP contribution in [0.5, 0.6) is 0 Å². The highest BCUT2D eigenvalue weighted by molar-refractivity contribution is 5.74. The number of likely N-dealkylation sites (tertiary alicyclic amines) is 1. The first-order chi connectivity index (χ1) is 10.8. The van der Waals surface area contributed by atoms with Crippen molar-refractivity contribution in [3.8, 4) is 0 Å². The molecule has 0 bridgehead atoms. The molecule has 0 aromatic carbocycles. The van der Waals surface area contributed by atoms with Crippen LogP contribution in [0.25, 0.3) is 0 Å². The van der Waals surface area contributed by atoms with Gasteiger partial charge in [0.15, 0.2) is 5.82 Å². The highest BCUT2D eigenvalue weighted by atomic mass is 16.2. The highest BCUT2D eigenvalue weighted by Gasteiger charge is 2.33. The Hall–Kier alpha value is -1.59. The molecule has 1 atom stereocenters. The summed E-state index contributed by atoms with van der Waals surface area (Å²) < 4.78 is 0. The van der Waals surface area contributed by atoms with Gasteiger partial charge in [-0.3, -0.25) is 5.10 Å². The van der Waals surface area contributed by atoms with Gasteiger partial charge in [0.05, 0.1) is 6.54 Å². The van der Waals surface area contributed by atoms with E-state index in [1.54, 1.807) is 0 Å². The second-order valence-electron chi connectivity index (χ2n) is 7.11. The quantitative estimate of drug-likeness (QED) is 0.897. The minimum absolute atomic E-state index is 0.0462. The van der Waals surface area contributed by atoms with E-state index in [1.165, 1.54) is 44.9 Å². The summed E-state index contributed by atoms with van der Waals surface area (Å²) in [5, 5.41) is 10.1. The predicted octanol–water partition coefficient (Wildman–Crippen LogP) is 2.40. The molecule has 0 radical (unpaired) electrons. The third kappa shape index (κ3) is 2.96. The Bertz CT molecular complexity index is 532. The van der Waals surface area contributed by atoms with Crippen molar-refractivity contribution in [1.29, 1.82) is 0 Å². The maximum atomic E-state index is 12.3. The van der Waals surface area contributed by atoms with Crippen LogP contribution in [0.15, 0.2) is 0 Å². The Morgan fingerprint density at radius 1 is 1.18 bits per heavy atom. The maximum Gasteiger partial charge on any atom is 0.317 e. The fraction of sp³-hybridized carbons (Fsp3) is 0.812. The standard InChI is InChI=1S/C16H25N5O/c22-16(17-9-14-18-15(20-19-14)12-5-6-12)21-8-7-13(10-21)11-3-1-2-4-11/h11-13H,1-10H2,(H,17,22)(H,18,19,20). The molecule has 6 nitrogen and oxygen atoms in total. The molecule has 1 aromatic rings. The van der Waals surface area contributed by atoms with E-state index in [2.05, 4.69) is 20.5 Å². The van der Waals surface area contributed by atoms with Gasteiger partial charge in [0.2, 0.25) is 0 Å². The lowest BCUT2D eigenvalue weighted by Gasteiger charge is -2.20. The van der Waals surface area contributed by atoms with Crippen LogP contribution < -0.4 is 5.32 Å². The molecular weight excluding hydrogens is 278 g/mol. The fourth-order valence-electron chi connectivity index (χ4n) is 3.97. The van der Waals surface area contributed by atoms with Crippen LogP contribution >= 0.6 is 0 Å². The zero-order valence-corrected chi connectivity index (χ0v) is 13.1. The number of urea groups is 1. The Morgan fingerprint density at radius 2 is 2.00 bits per heavy atom. The molecule has 2 saturated carbocycles. The van der Waals surface area contributed by atoms with Crippen molar-refractivity contribution in [2.75, 3.05) is 13.1 Å². The summed E-state index contributed by atoms with van der Waals surface area (Å²) >= 11 is 0. The number of hydrogen-bond donors (Lipinski definition) is 2. The molecule has 1 unspecified atom stereocenters. The Balaban J connectivity index is 1.25. The van der Waals surface area contributed by atoms with Crippen LogP contribution in [0.3, 0.4) is 0 Å². The van der Waals surface area contributed by atoms with E-state index in [9.17, 15) is 4.79 Å². The number of rotatable bonds is 4. The smallest absolute Gasteiger partial charge is 0.317 e. The Labute approximate surface area is 131 Å². The molecule has 22 heavy (non-hydrogen) atoms. The number of carbonyl (C=O) groups is 1. The topological polar surface area (TPSA) is 73.9 Å². The van der Waals surface area contributed by atoms with Crippen LogP contribution in [0.4, 0.5) is 4.79 Å². The van der Waals surface area contributed by atoms with Crippen LogP contribution in [0.1, 0.15) is 62.5 Å². The second-order valence-corrected chi connectivity index (χ2v) is 7.11. The lowest BCUT2D eigenvalue weighted by atomic mass is 9.90. The van der Waals surface area contributed by atoms with Crippen LogP contribution in [0.2, 0.25) is 0 Å². The number of aromatic amines is 1. The number of nitrogens with one attached hydrogen (secondary N) is 2. The zero-order chi connectivity index (χ0) is 14.9. The fourth-order valence-corrected chi connectivity index (χ4v) is 3.97. The van der Waals surface area contributed by atoms with Crippen LogP contribution in [-0.2, 0) is 6.54 Å². The highest BCUT2D eigenvalue weighted by Crippen LogP contribution is 2.38. The first kappa shape index (κ1) is 14.0. The molecule has 4 rings (SSSR count). The zero-order valence-electron chi connectivity index (χ0n) is 13.1. The van der Waals surface area contributed by atoms with Crippen molar-refractivity contribution in [3.05, 3.63) is 11.6 Å². The molecule has 2 amide bonds. The van der Waals surface area contributed by atoms with E-state index in [0.29, 0.717) is 12.5 Å². The molecule has 1 aliphatic heterocycles. The number of nitrogens with zero attached hydrogens (tertiary/aromatic N) is 3. The molecule has 2 heterocycles. The number of aromatic nitrogens is 3. The summed E-state index contributed by atoms with van der Waals surface area (Å²) in [4.78, 5) is 18.7. The number of carbonyl (C=O) groups excluding carboxylic acids is 1. The molecule has 0 spiro atoms. The molecule has 2 aliphatic carbocycles. The Kier molecular flexibility index (Phi) is 3.76. The van der Waals surface area contributed by atoms with Crippen molar-refractivity contribution in [1.82, 2.24) is 25.4 Å². The summed E-state index contributed by atoms with van der Waals surface area (Å²) in [7, 11) is 0. The third-order valence-corrected chi connectivity index (χ3v) is 5.48. The van der Waals surface area contributed by atoms with E-state index < -0.39 is 0 Å². The van der Waals surface area contributed by atoms with Gasteiger partial charge < -0.3 is 10.2 Å². The van der Waals surface area contributed by atoms with E-state index >= 15 is 0 Å². The van der Waals surface area contributed by atoms with E-state index in [1.807, 2.05) is 4.90 Å². The van der Waals surface area contributed by atoms with E-state index in [-0.39, 0.29) is 6.03 Å². The predicted molar refractivity (Wildman–Crippen MR) is 82.2 cm³/mol. The molecule has 120 valence electrons. The number of H-pyrrole nitrogens is 1. The summed E-state index contributed by atoms with van der Waals surface area (Å²) in [5.41, 5.74) is 0. The normalized spacial score (nSPS) is 25.8. The van der Waals surface area contributed by atoms with Gasteiger partial charge in [0, 0.05) is 19.0 Å². The number of amides is 2. The van der Waals surface area contributed by atoms with Crippen molar-refractivity contribution >= 4 is 6.03 Å². The maximum absolute atomic E-state index is 12.3. The average Bonchev–Trinajstić information content (AvgIpc) is 3.02. The lowest BCUT2D eigenvalue weighted by molar-refractivity contribution is 0.203. The summed E-state index contributed by atoms with van der Waals surface area (Å²) in [6, 6.07) is 0.0462. The molecule has 2 N–H and O–H groups in total. The minimum atomic E-state index is 0.0462. The molecule has 6 heteroatoms. The summed E-state index contributed by atoms with van der Waals surface area (Å²) in [5.74, 6) is 3.80. The Morgan fingerprint density at radius 3 is 2.77 bits per heavy atom. The van der Waals surface area contributed by atoms with Crippen molar-refractivity contribution in [2.45, 2.75) is 57.4 Å². The second kappa shape index (κ2) is 5.89. The van der Waals surface area contributed by atoms with Gasteiger partial charge in [-0.2, -0.15) is 5.10 Å². The average molecular weight is 303 g/mol. The van der Waals surface area contributed by atoms with Gasteiger partial charge in [-0.1, -0.05) is 25.7 Å². The van der Waals surface area contributed by atoms with Gasteiger partial charge in [-0.15, -0.1) is 0 Å². The summed E-state index contributed by atoms with van der Waals surface area (Å²) in [6.07, 6.45) is 9.04. The lowest BCUT2D eigenvalue weighted by Crippen LogP contribution is -2.38. The third-order valence-electron chi connectivity index (χ3n) is 5.48.